The van der Waals surface area contributed by atoms with Gasteiger partial charge in [-0.15, -0.1) is 0 Å². The summed E-state index contributed by atoms with van der Waals surface area (Å²) >= 11 is 1.39. The van der Waals surface area contributed by atoms with Gasteiger partial charge < -0.3 is 19.7 Å². The molecular formula is C24H23N3O4S. The summed E-state index contributed by atoms with van der Waals surface area (Å²) in [6.45, 7) is 3.93. The molecule has 0 atom stereocenters. The SMILES string of the molecule is COc1ccc(NC(=O)c2ccc3c(c2)Sc2ncccc2C(=O)N3C(C)C)cc1OC. The van der Waals surface area contributed by atoms with E-state index in [0.29, 0.717) is 33.3 Å². The van der Waals surface area contributed by atoms with Crippen LogP contribution in [0.3, 0.4) is 0 Å². The molecule has 3 aromatic rings. The lowest BCUT2D eigenvalue weighted by atomic mass is 10.1. The molecule has 164 valence electrons. The molecule has 1 aliphatic rings. The van der Waals surface area contributed by atoms with Crippen LogP contribution >= 0.6 is 11.8 Å². The Morgan fingerprint density at radius 1 is 1.06 bits per heavy atom. The van der Waals surface area contributed by atoms with Gasteiger partial charge in [0, 0.05) is 34.5 Å². The number of carbonyl (C=O) groups is 2. The molecule has 1 N–H and O–H groups in total. The van der Waals surface area contributed by atoms with Gasteiger partial charge in [-0.25, -0.2) is 4.98 Å². The molecule has 0 saturated heterocycles. The van der Waals surface area contributed by atoms with Crippen molar-refractivity contribution in [1.82, 2.24) is 4.98 Å². The van der Waals surface area contributed by atoms with E-state index in [0.717, 1.165) is 10.6 Å². The Bertz CT molecular complexity index is 1200. The molecule has 32 heavy (non-hydrogen) atoms. The standard InChI is InChI=1S/C24H23N3O4S/c1-14(2)27-18-9-7-15(12-21(18)32-23-17(24(27)29)6-5-11-25-23)22(28)26-16-8-10-19(30-3)20(13-16)31-4/h5-14H,1-4H3,(H,26,28). The molecule has 0 fully saturated rings. The number of aromatic nitrogens is 1. The molecule has 4 rings (SSSR count). The summed E-state index contributed by atoms with van der Waals surface area (Å²) in [5.74, 6) is 0.735. The number of hydrogen-bond acceptors (Lipinski definition) is 6. The third-order valence-electron chi connectivity index (χ3n) is 5.07. The summed E-state index contributed by atoms with van der Waals surface area (Å²) in [6, 6.07) is 14.0. The summed E-state index contributed by atoms with van der Waals surface area (Å²) in [7, 11) is 3.10. The maximum atomic E-state index is 13.2. The molecule has 2 aromatic carbocycles. The van der Waals surface area contributed by atoms with Gasteiger partial charge in [0.05, 0.1) is 25.5 Å². The van der Waals surface area contributed by atoms with Crippen molar-refractivity contribution in [1.29, 1.82) is 0 Å². The monoisotopic (exact) mass is 449 g/mol. The molecule has 1 aromatic heterocycles. The molecule has 0 saturated carbocycles. The Balaban J connectivity index is 1.68. The minimum Gasteiger partial charge on any atom is -0.493 e. The molecule has 0 aliphatic carbocycles. The predicted octanol–water partition coefficient (Wildman–Crippen LogP) is 4.87. The van der Waals surface area contributed by atoms with E-state index < -0.39 is 0 Å². The van der Waals surface area contributed by atoms with E-state index in [-0.39, 0.29) is 17.9 Å². The zero-order valence-corrected chi connectivity index (χ0v) is 19.0. The van der Waals surface area contributed by atoms with Crippen LogP contribution in [-0.2, 0) is 0 Å². The first-order valence-electron chi connectivity index (χ1n) is 10.1. The second-order valence-corrected chi connectivity index (χ2v) is 8.46. The van der Waals surface area contributed by atoms with E-state index >= 15 is 0 Å². The fraction of sp³-hybridized carbons (Fsp3) is 0.208. The van der Waals surface area contributed by atoms with Crippen LogP contribution in [0.4, 0.5) is 11.4 Å². The molecule has 0 spiro atoms. The number of methoxy groups -OCH3 is 2. The molecule has 0 unspecified atom stereocenters. The number of nitrogens with zero attached hydrogens (tertiary/aromatic N) is 2. The smallest absolute Gasteiger partial charge is 0.261 e. The van der Waals surface area contributed by atoms with Crippen LogP contribution in [0.15, 0.2) is 64.6 Å². The van der Waals surface area contributed by atoms with E-state index in [2.05, 4.69) is 10.3 Å². The van der Waals surface area contributed by atoms with Crippen LogP contribution in [0.25, 0.3) is 0 Å². The molecule has 8 heteroatoms. The third-order valence-corrected chi connectivity index (χ3v) is 6.13. The Morgan fingerprint density at radius 3 is 2.56 bits per heavy atom. The Kier molecular flexibility index (Phi) is 6.05. The minimum atomic E-state index is -0.270. The Labute approximate surface area is 190 Å². The minimum absolute atomic E-state index is 0.0561. The van der Waals surface area contributed by atoms with Gasteiger partial charge in [-0.2, -0.15) is 0 Å². The highest BCUT2D eigenvalue weighted by atomic mass is 32.2. The predicted molar refractivity (Wildman–Crippen MR) is 124 cm³/mol. The van der Waals surface area contributed by atoms with Gasteiger partial charge >= 0.3 is 0 Å². The van der Waals surface area contributed by atoms with E-state index in [1.54, 1.807) is 67.8 Å². The first-order valence-corrected chi connectivity index (χ1v) is 10.9. The lowest BCUT2D eigenvalue weighted by molar-refractivity contribution is 0.0976. The largest absolute Gasteiger partial charge is 0.493 e. The van der Waals surface area contributed by atoms with Crippen molar-refractivity contribution in [2.45, 2.75) is 29.8 Å². The second-order valence-electron chi connectivity index (χ2n) is 7.43. The van der Waals surface area contributed by atoms with Crippen LogP contribution in [0.5, 0.6) is 11.5 Å². The van der Waals surface area contributed by atoms with E-state index in [1.807, 2.05) is 19.9 Å². The van der Waals surface area contributed by atoms with Gasteiger partial charge in [0.15, 0.2) is 11.5 Å². The molecule has 7 nitrogen and oxygen atoms in total. The highest BCUT2D eigenvalue weighted by molar-refractivity contribution is 7.99. The summed E-state index contributed by atoms with van der Waals surface area (Å²) in [4.78, 5) is 33.1. The number of ether oxygens (including phenoxy) is 2. The highest BCUT2D eigenvalue weighted by Gasteiger charge is 2.30. The highest BCUT2D eigenvalue weighted by Crippen LogP contribution is 2.41. The van der Waals surface area contributed by atoms with Crippen LogP contribution < -0.4 is 19.7 Å². The van der Waals surface area contributed by atoms with Gasteiger partial charge in [-0.05, 0) is 56.3 Å². The number of nitrogens with one attached hydrogen (secondary N) is 1. The van der Waals surface area contributed by atoms with Crippen LogP contribution in [-0.4, -0.2) is 37.1 Å². The van der Waals surface area contributed by atoms with Gasteiger partial charge in [0.2, 0.25) is 0 Å². The number of pyridine rings is 1. The first-order chi connectivity index (χ1) is 15.4. The summed E-state index contributed by atoms with van der Waals surface area (Å²) < 4.78 is 10.5. The zero-order valence-electron chi connectivity index (χ0n) is 18.2. The van der Waals surface area contributed by atoms with Crippen molar-refractivity contribution < 1.29 is 19.1 Å². The topological polar surface area (TPSA) is 80.8 Å². The maximum Gasteiger partial charge on any atom is 0.261 e. The van der Waals surface area contributed by atoms with Crippen LogP contribution in [0, 0.1) is 0 Å². The van der Waals surface area contributed by atoms with Crippen LogP contribution in [0.1, 0.15) is 34.6 Å². The number of benzene rings is 2. The average Bonchev–Trinajstić information content (AvgIpc) is 2.92. The van der Waals surface area contributed by atoms with Crippen molar-refractivity contribution in [3.05, 3.63) is 65.9 Å². The van der Waals surface area contributed by atoms with Crippen molar-refractivity contribution >= 4 is 35.0 Å². The van der Waals surface area contributed by atoms with Gasteiger partial charge in [0.1, 0.15) is 5.03 Å². The van der Waals surface area contributed by atoms with E-state index in [9.17, 15) is 9.59 Å². The first kappa shape index (κ1) is 21.7. The molecule has 2 heterocycles. The fourth-order valence-corrected chi connectivity index (χ4v) is 4.59. The van der Waals surface area contributed by atoms with Gasteiger partial charge in [-0.3, -0.25) is 9.59 Å². The zero-order chi connectivity index (χ0) is 22.8. The molecular weight excluding hydrogens is 426 g/mol. The summed E-state index contributed by atoms with van der Waals surface area (Å²) in [6.07, 6.45) is 1.66. The van der Waals surface area contributed by atoms with E-state index in [4.69, 9.17) is 9.47 Å². The number of rotatable bonds is 5. The molecule has 1 aliphatic heterocycles. The molecule has 2 amide bonds. The molecule has 0 bridgehead atoms. The van der Waals surface area contributed by atoms with Gasteiger partial charge in [-0.1, -0.05) is 11.8 Å². The average molecular weight is 450 g/mol. The van der Waals surface area contributed by atoms with Crippen LogP contribution in [0.2, 0.25) is 0 Å². The van der Waals surface area contributed by atoms with Crippen molar-refractivity contribution in [3.63, 3.8) is 0 Å². The fourth-order valence-electron chi connectivity index (χ4n) is 3.54. The summed E-state index contributed by atoms with van der Waals surface area (Å²) in [5, 5.41) is 3.51. The number of amides is 2. The van der Waals surface area contributed by atoms with Crippen molar-refractivity contribution in [2.24, 2.45) is 0 Å². The number of anilines is 2. The normalized spacial score (nSPS) is 12.7. The third kappa shape index (κ3) is 4.01. The lowest BCUT2D eigenvalue weighted by Gasteiger charge is -2.27. The number of carbonyl (C=O) groups excluding carboxylic acids is 2. The molecule has 0 radical (unpaired) electrons. The quantitative estimate of drug-likeness (QED) is 0.599. The Morgan fingerprint density at radius 2 is 1.84 bits per heavy atom. The maximum absolute atomic E-state index is 13.2. The van der Waals surface area contributed by atoms with Crippen molar-refractivity contribution in [3.8, 4) is 11.5 Å². The van der Waals surface area contributed by atoms with E-state index in [1.165, 1.54) is 11.8 Å². The Hall–Kier alpha value is -3.52. The number of hydrogen-bond donors (Lipinski definition) is 1. The van der Waals surface area contributed by atoms with Crippen molar-refractivity contribution in [2.75, 3.05) is 24.4 Å². The summed E-state index contributed by atoms with van der Waals surface area (Å²) in [5.41, 5.74) is 2.37. The number of fused-ring (bicyclic) bond motifs is 2. The second kappa shape index (κ2) is 8.92. The van der Waals surface area contributed by atoms with Gasteiger partial charge in [0.25, 0.3) is 11.8 Å². The lowest BCUT2D eigenvalue weighted by Crippen LogP contribution is -2.37.